The molecule has 3 heterocycles. The van der Waals surface area contributed by atoms with Crippen LogP contribution in [0.3, 0.4) is 0 Å². The number of para-hydroxylation sites is 1. The van der Waals surface area contributed by atoms with Gasteiger partial charge < -0.3 is 20.7 Å². The Morgan fingerprint density at radius 1 is 0.921 bits per heavy atom. The van der Waals surface area contributed by atoms with Gasteiger partial charge in [-0.2, -0.15) is 5.10 Å². The monoisotopic (exact) mass is 504 g/mol. The molecule has 3 aromatic carbocycles. The van der Waals surface area contributed by atoms with Crippen LogP contribution in [0.25, 0.3) is 22.2 Å². The number of ether oxygens (including phenoxy) is 1. The van der Waals surface area contributed by atoms with Gasteiger partial charge >= 0.3 is 0 Å². The van der Waals surface area contributed by atoms with Gasteiger partial charge in [0.05, 0.1) is 5.39 Å². The minimum Gasteiger partial charge on any atom is -0.457 e. The van der Waals surface area contributed by atoms with Crippen molar-refractivity contribution in [2.24, 2.45) is 0 Å². The Morgan fingerprint density at radius 3 is 2.29 bits per heavy atom. The number of anilines is 2. The van der Waals surface area contributed by atoms with Crippen LogP contribution in [0.4, 0.5) is 11.6 Å². The summed E-state index contributed by atoms with van der Waals surface area (Å²) in [6, 6.07) is 29.2. The zero-order valence-electron chi connectivity index (χ0n) is 20.8. The van der Waals surface area contributed by atoms with Crippen LogP contribution in [0.2, 0.25) is 0 Å². The maximum atomic E-state index is 12.6. The molecule has 2 aromatic heterocycles. The molecule has 0 atom stereocenters. The van der Waals surface area contributed by atoms with E-state index in [2.05, 4.69) is 26.5 Å². The first-order valence-corrected chi connectivity index (χ1v) is 12.7. The van der Waals surface area contributed by atoms with E-state index < -0.39 is 0 Å². The fourth-order valence-corrected chi connectivity index (χ4v) is 4.87. The Bertz CT molecular complexity index is 1540. The number of aromatic nitrogens is 3. The highest BCUT2D eigenvalue weighted by Crippen LogP contribution is 2.35. The molecule has 0 radical (unpaired) electrons. The predicted molar refractivity (Wildman–Crippen MR) is 149 cm³/mol. The maximum Gasteiger partial charge on any atom is 0.251 e. The number of hydrogen-bond donors (Lipinski definition) is 3. The first-order chi connectivity index (χ1) is 18.6. The number of H-pyrrole nitrogens is 1. The molecule has 5 aromatic rings. The summed E-state index contributed by atoms with van der Waals surface area (Å²) in [5.74, 6) is 2.79. The number of nitrogens with two attached hydrogens (primary N) is 1. The third-order valence-corrected chi connectivity index (χ3v) is 6.88. The Kier molecular flexibility index (Phi) is 6.35. The third kappa shape index (κ3) is 4.88. The fraction of sp³-hybridized carbons (Fsp3) is 0.167. The summed E-state index contributed by atoms with van der Waals surface area (Å²) in [6.07, 6.45) is 1.68. The molecule has 190 valence electrons. The second kappa shape index (κ2) is 10.3. The van der Waals surface area contributed by atoms with Gasteiger partial charge in [-0.25, -0.2) is 4.98 Å². The molecule has 8 nitrogen and oxygen atoms in total. The SMILES string of the molecule is Nc1n[nH]c2nc(N3CCC(NC(=O)c4ccccc4)CC3)cc(-c3ccc(Oc4ccccc4)cc3)c12. The molecular weight excluding hydrogens is 476 g/mol. The van der Waals surface area contributed by atoms with Crippen molar-refractivity contribution >= 4 is 28.6 Å². The van der Waals surface area contributed by atoms with E-state index in [-0.39, 0.29) is 11.9 Å². The number of nitrogen functional groups attached to an aromatic ring is 1. The summed E-state index contributed by atoms with van der Waals surface area (Å²) >= 11 is 0. The Balaban J connectivity index is 1.20. The lowest BCUT2D eigenvalue weighted by atomic mass is 10.0. The Hall–Kier alpha value is -4.85. The average Bonchev–Trinajstić information content (AvgIpc) is 3.35. The van der Waals surface area contributed by atoms with Gasteiger partial charge in [0.25, 0.3) is 5.91 Å². The number of hydrogen-bond acceptors (Lipinski definition) is 6. The van der Waals surface area contributed by atoms with E-state index in [1.54, 1.807) is 0 Å². The van der Waals surface area contributed by atoms with Crippen molar-refractivity contribution in [1.29, 1.82) is 0 Å². The molecule has 1 fully saturated rings. The third-order valence-electron chi connectivity index (χ3n) is 6.88. The lowest BCUT2D eigenvalue weighted by molar-refractivity contribution is 0.0931. The number of benzene rings is 3. The number of rotatable bonds is 6. The summed E-state index contributed by atoms with van der Waals surface area (Å²) in [5, 5.41) is 11.2. The van der Waals surface area contributed by atoms with Gasteiger partial charge in [0.1, 0.15) is 17.3 Å². The first kappa shape index (κ1) is 23.5. The number of amides is 1. The lowest BCUT2D eigenvalue weighted by Crippen LogP contribution is -2.45. The molecule has 0 aliphatic carbocycles. The Labute approximate surface area is 220 Å². The highest BCUT2D eigenvalue weighted by molar-refractivity contribution is 6.01. The van der Waals surface area contributed by atoms with Gasteiger partial charge in [0.2, 0.25) is 0 Å². The molecular formula is C30H28N6O2. The average molecular weight is 505 g/mol. The highest BCUT2D eigenvalue weighted by atomic mass is 16.5. The topological polar surface area (TPSA) is 109 Å². The van der Waals surface area contributed by atoms with Crippen molar-refractivity contribution in [3.63, 3.8) is 0 Å². The zero-order chi connectivity index (χ0) is 25.9. The zero-order valence-corrected chi connectivity index (χ0v) is 20.8. The molecule has 1 amide bonds. The van der Waals surface area contributed by atoms with Gasteiger partial charge in [0.15, 0.2) is 11.5 Å². The number of nitrogens with one attached hydrogen (secondary N) is 2. The van der Waals surface area contributed by atoms with Crippen molar-refractivity contribution < 1.29 is 9.53 Å². The number of fused-ring (bicyclic) bond motifs is 1. The molecule has 4 N–H and O–H groups in total. The highest BCUT2D eigenvalue weighted by Gasteiger charge is 2.24. The quantitative estimate of drug-likeness (QED) is 0.286. The maximum absolute atomic E-state index is 12.6. The molecule has 1 aliphatic rings. The standard InChI is InChI=1S/C30H28N6O2/c31-28-27-25(20-11-13-24(14-12-20)38-23-9-5-2-6-10-23)19-26(33-29(27)35-34-28)36-17-15-22(16-18-36)32-30(37)21-7-3-1-4-8-21/h1-14,19,22H,15-18H2,(H,32,37)(H3,31,33,34,35). The van der Waals surface area contributed by atoms with Crippen LogP contribution in [0.1, 0.15) is 23.2 Å². The van der Waals surface area contributed by atoms with E-state index in [0.29, 0.717) is 17.0 Å². The minimum atomic E-state index is -0.0292. The van der Waals surface area contributed by atoms with Crippen LogP contribution in [-0.4, -0.2) is 40.2 Å². The molecule has 1 saturated heterocycles. The van der Waals surface area contributed by atoms with Gasteiger partial charge in [0, 0.05) is 30.3 Å². The minimum absolute atomic E-state index is 0.0292. The van der Waals surface area contributed by atoms with E-state index in [4.69, 9.17) is 15.5 Å². The molecule has 0 bridgehead atoms. The van der Waals surface area contributed by atoms with Crippen LogP contribution in [0.15, 0.2) is 91.0 Å². The second-order valence-corrected chi connectivity index (χ2v) is 9.40. The molecule has 1 aliphatic heterocycles. The van der Waals surface area contributed by atoms with Gasteiger partial charge in [-0.15, -0.1) is 0 Å². The largest absolute Gasteiger partial charge is 0.457 e. The van der Waals surface area contributed by atoms with Crippen molar-refractivity contribution in [3.05, 3.63) is 96.6 Å². The number of piperidine rings is 1. The van der Waals surface area contributed by atoms with Crippen molar-refractivity contribution in [1.82, 2.24) is 20.5 Å². The summed E-state index contributed by atoms with van der Waals surface area (Å²) < 4.78 is 5.96. The van der Waals surface area contributed by atoms with Gasteiger partial charge in [-0.1, -0.05) is 48.5 Å². The molecule has 0 spiro atoms. The van der Waals surface area contributed by atoms with E-state index in [1.165, 1.54) is 0 Å². The van der Waals surface area contributed by atoms with Crippen LogP contribution in [0.5, 0.6) is 11.5 Å². The number of carbonyl (C=O) groups excluding carboxylic acids is 1. The predicted octanol–water partition coefficient (Wildman–Crippen LogP) is 5.40. The van der Waals surface area contributed by atoms with Gasteiger partial charge in [-0.3, -0.25) is 9.89 Å². The summed E-state index contributed by atoms with van der Waals surface area (Å²) in [5.41, 5.74) is 9.52. The summed E-state index contributed by atoms with van der Waals surface area (Å²) in [4.78, 5) is 19.6. The molecule has 6 rings (SSSR count). The molecule has 0 unspecified atom stereocenters. The molecule has 38 heavy (non-hydrogen) atoms. The molecule has 0 saturated carbocycles. The van der Waals surface area contributed by atoms with E-state index in [1.807, 2.05) is 84.9 Å². The number of nitrogens with zero attached hydrogens (tertiary/aromatic N) is 3. The number of carbonyl (C=O) groups is 1. The summed E-state index contributed by atoms with van der Waals surface area (Å²) in [6.45, 7) is 1.57. The smallest absolute Gasteiger partial charge is 0.251 e. The lowest BCUT2D eigenvalue weighted by Gasteiger charge is -2.33. The van der Waals surface area contributed by atoms with Crippen LogP contribution < -0.4 is 20.7 Å². The van der Waals surface area contributed by atoms with E-state index in [9.17, 15) is 4.79 Å². The van der Waals surface area contributed by atoms with Crippen molar-refractivity contribution in [3.8, 4) is 22.6 Å². The van der Waals surface area contributed by atoms with Crippen LogP contribution >= 0.6 is 0 Å². The number of aromatic amines is 1. The van der Waals surface area contributed by atoms with Crippen LogP contribution in [0, 0.1) is 0 Å². The van der Waals surface area contributed by atoms with Gasteiger partial charge in [-0.05, 0) is 60.9 Å². The second-order valence-electron chi connectivity index (χ2n) is 9.40. The van der Waals surface area contributed by atoms with E-state index in [0.717, 1.165) is 59.8 Å². The van der Waals surface area contributed by atoms with Crippen molar-refractivity contribution in [2.45, 2.75) is 18.9 Å². The fourth-order valence-electron chi connectivity index (χ4n) is 4.87. The first-order valence-electron chi connectivity index (χ1n) is 12.7. The number of pyridine rings is 1. The Morgan fingerprint density at radius 2 is 1.58 bits per heavy atom. The van der Waals surface area contributed by atoms with Crippen molar-refractivity contribution in [2.75, 3.05) is 23.7 Å². The van der Waals surface area contributed by atoms with Crippen LogP contribution in [-0.2, 0) is 0 Å². The molecule has 8 heteroatoms. The van der Waals surface area contributed by atoms with E-state index >= 15 is 0 Å². The normalized spacial score (nSPS) is 13.9. The summed E-state index contributed by atoms with van der Waals surface area (Å²) in [7, 11) is 0.